The number of imidazole rings is 1. The normalized spacial score (nSPS) is 19.6. The lowest BCUT2D eigenvalue weighted by Crippen LogP contribution is -2.26. The first-order valence-electron chi connectivity index (χ1n) is 6.02. The molecule has 1 atom stereocenters. The first kappa shape index (κ1) is 11.2. The molecule has 1 aliphatic carbocycles. The first-order valence-corrected chi connectivity index (χ1v) is 6.02. The molecule has 1 unspecified atom stereocenters. The van der Waals surface area contributed by atoms with E-state index in [1.807, 2.05) is 17.7 Å². The van der Waals surface area contributed by atoms with Crippen LogP contribution in [0, 0.1) is 0 Å². The van der Waals surface area contributed by atoms with E-state index in [4.69, 9.17) is 5.73 Å². The average Bonchev–Trinajstić information content (AvgIpc) is 2.77. The van der Waals surface area contributed by atoms with Gasteiger partial charge in [-0.15, -0.1) is 0 Å². The van der Waals surface area contributed by atoms with Gasteiger partial charge in [0.05, 0.1) is 0 Å². The number of amides is 1. The fourth-order valence-electron chi connectivity index (χ4n) is 2.47. The summed E-state index contributed by atoms with van der Waals surface area (Å²) in [5.74, 6) is 1.24. The molecule has 4 heteroatoms. The molecule has 1 fully saturated rings. The molecular formula is C12H19N3O. The third-order valence-electron chi connectivity index (χ3n) is 3.50. The van der Waals surface area contributed by atoms with Gasteiger partial charge in [0.25, 0.3) is 0 Å². The Balaban J connectivity index is 2.20. The van der Waals surface area contributed by atoms with Crippen LogP contribution in [0.4, 0.5) is 0 Å². The van der Waals surface area contributed by atoms with Crippen LogP contribution in [0.3, 0.4) is 0 Å². The minimum Gasteiger partial charge on any atom is -0.368 e. The summed E-state index contributed by atoms with van der Waals surface area (Å²) < 4.78 is 1.93. The number of carbonyl (C=O) groups excluding carboxylic acids is 1. The van der Waals surface area contributed by atoms with Gasteiger partial charge >= 0.3 is 0 Å². The van der Waals surface area contributed by atoms with Crippen LogP contribution in [0.5, 0.6) is 0 Å². The molecule has 1 aromatic heterocycles. The summed E-state index contributed by atoms with van der Waals surface area (Å²) in [4.78, 5) is 15.6. The minimum atomic E-state index is -0.296. The van der Waals surface area contributed by atoms with Gasteiger partial charge in [-0.25, -0.2) is 4.98 Å². The number of nitrogens with zero attached hydrogens (tertiary/aromatic N) is 2. The number of rotatable bonds is 3. The lowest BCUT2D eigenvalue weighted by molar-refractivity contribution is -0.120. The highest BCUT2D eigenvalue weighted by molar-refractivity contribution is 5.77. The Hall–Kier alpha value is -1.32. The molecule has 1 aromatic rings. The van der Waals surface area contributed by atoms with E-state index < -0.39 is 0 Å². The van der Waals surface area contributed by atoms with Crippen LogP contribution >= 0.6 is 0 Å². The van der Waals surface area contributed by atoms with Gasteiger partial charge in [-0.2, -0.15) is 0 Å². The molecule has 2 N–H and O–H groups in total. The average molecular weight is 221 g/mol. The third-order valence-corrected chi connectivity index (χ3v) is 3.50. The highest BCUT2D eigenvalue weighted by Crippen LogP contribution is 2.32. The molecule has 1 amide bonds. The van der Waals surface area contributed by atoms with Gasteiger partial charge in [-0.05, 0) is 19.8 Å². The van der Waals surface area contributed by atoms with Crippen LogP contribution in [0.25, 0.3) is 0 Å². The lowest BCUT2D eigenvalue weighted by Gasteiger charge is -2.23. The molecule has 1 aliphatic rings. The summed E-state index contributed by atoms with van der Waals surface area (Å²) in [6, 6.07) is -0.292. The molecule has 0 saturated heterocycles. The zero-order valence-corrected chi connectivity index (χ0v) is 9.72. The summed E-state index contributed by atoms with van der Waals surface area (Å²) >= 11 is 0. The summed E-state index contributed by atoms with van der Waals surface area (Å²) in [6.07, 6.45) is 9.85. The molecule has 0 radical (unpaired) electrons. The highest BCUT2D eigenvalue weighted by Gasteiger charge is 2.23. The molecule has 4 nitrogen and oxygen atoms in total. The molecule has 1 heterocycles. The quantitative estimate of drug-likeness (QED) is 0.848. The molecule has 16 heavy (non-hydrogen) atoms. The number of hydrogen-bond acceptors (Lipinski definition) is 2. The van der Waals surface area contributed by atoms with E-state index in [1.54, 1.807) is 6.20 Å². The predicted octanol–water partition coefficient (Wildman–Crippen LogP) is 1.98. The van der Waals surface area contributed by atoms with E-state index >= 15 is 0 Å². The summed E-state index contributed by atoms with van der Waals surface area (Å²) in [6.45, 7) is 1.83. The van der Waals surface area contributed by atoms with Crippen LogP contribution in [-0.2, 0) is 4.79 Å². The van der Waals surface area contributed by atoms with Crippen LogP contribution in [0.15, 0.2) is 12.4 Å². The summed E-state index contributed by atoms with van der Waals surface area (Å²) in [7, 11) is 0. The Labute approximate surface area is 95.9 Å². The monoisotopic (exact) mass is 221 g/mol. The number of carbonyl (C=O) groups is 1. The van der Waals surface area contributed by atoms with Crippen LogP contribution < -0.4 is 5.73 Å². The van der Waals surface area contributed by atoms with Gasteiger partial charge in [0.1, 0.15) is 11.9 Å². The van der Waals surface area contributed by atoms with Crippen molar-refractivity contribution in [3.05, 3.63) is 18.2 Å². The molecule has 0 bridgehead atoms. The molecule has 0 aliphatic heterocycles. The summed E-state index contributed by atoms with van der Waals surface area (Å²) in [5.41, 5.74) is 5.34. The predicted molar refractivity (Wildman–Crippen MR) is 62.0 cm³/mol. The van der Waals surface area contributed by atoms with Crippen molar-refractivity contribution in [2.45, 2.75) is 51.0 Å². The molecule has 0 aromatic carbocycles. The first-order chi connectivity index (χ1) is 7.70. The number of nitrogens with two attached hydrogens (primary N) is 1. The van der Waals surface area contributed by atoms with Crippen molar-refractivity contribution in [3.8, 4) is 0 Å². The van der Waals surface area contributed by atoms with E-state index in [2.05, 4.69) is 4.98 Å². The highest BCUT2D eigenvalue weighted by atomic mass is 16.1. The SMILES string of the molecule is CC(C(N)=O)n1ccnc1C1CCCCC1. The second-order valence-corrected chi connectivity index (χ2v) is 4.61. The molecule has 88 valence electrons. The van der Waals surface area contributed by atoms with Crippen molar-refractivity contribution in [2.24, 2.45) is 5.73 Å². The van der Waals surface area contributed by atoms with Gasteiger partial charge in [0.15, 0.2) is 0 Å². The largest absolute Gasteiger partial charge is 0.368 e. The van der Waals surface area contributed by atoms with Crippen molar-refractivity contribution in [1.82, 2.24) is 9.55 Å². The second kappa shape index (κ2) is 4.68. The van der Waals surface area contributed by atoms with Crippen molar-refractivity contribution < 1.29 is 4.79 Å². The Morgan fingerprint density at radius 2 is 2.19 bits per heavy atom. The third kappa shape index (κ3) is 2.10. The van der Waals surface area contributed by atoms with Crippen LogP contribution in [-0.4, -0.2) is 15.5 Å². The van der Waals surface area contributed by atoms with E-state index in [9.17, 15) is 4.79 Å². The maximum atomic E-state index is 11.2. The van der Waals surface area contributed by atoms with Crippen molar-refractivity contribution in [2.75, 3.05) is 0 Å². The standard InChI is InChI=1S/C12H19N3O/c1-9(11(13)16)15-8-7-14-12(15)10-5-3-2-4-6-10/h7-10H,2-6H2,1H3,(H2,13,16). The van der Waals surface area contributed by atoms with E-state index in [1.165, 1.54) is 32.1 Å². The molecule has 2 rings (SSSR count). The fraction of sp³-hybridized carbons (Fsp3) is 0.667. The Bertz CT molecular complexity index is 366. The molecule has 1 saturated carbocycles. The van der Waals surface area contributed by atoms with E-state index in [0.29, 0.717) is 5.92 Å². The topological polar surface area (TPSA) is 60.9 Å². The molecular weight excluding hydrogens is 202 g/mol. The second-order valence-electron chi connectivity index (χ2n) is 4.61. The maximum Gasteiger partial charge on any atom is 0.240 e. The van der Waals surface area contributed by atoms with Gasteiger partial charge in [-0.1, -0.05) is 19.3 Å². The zero-order valence-electron chi connectivity index (χ0n) is 9.72. The number of primary amides is 1. The van der Waals surface area contributed by atoms with Gasteiger partial charge in [-0.3, -0.25) is 4.79 Å². The number of hydrogen-bond donors (Lipinski definition) is 1. The molecule has 0 spiro atoms. The smallest absolute Gasteiger partial charge is 0.240 e. The zero-order chi connectivity index (χ0) is 11.5. The minimum absolute atomic E-state index is 0.292. The van der Waals surface area contributed by atoms with Gasteiger partial charge < -0.3 is 10.3 Å². The van der Waals surface area contributed by atoms with Crippen molar-refractivity contribution in [3.63, 3.8) is 0 Å². The summed E-state index contributed by atoms with van der Waals surface area (Å²) in [5, 5.41) is 0. The Morgan fingerprint density at radius 1 is 1.50 bits per heavy atom. The van der Waals surface area contributed by atoms with Crippen molar-refractivity contribution in [1.29, 1.82) is 0 Å². The van der Waals surface area contributed by atoms with Crippen LogP contribution in [0.2, 0.25) is 0 Å². The van der Waals surface area contributed by atoms with E-state index in [0.717, 1.165) is 5.82 Å². The van der Waals surface area contributed by atoms with Gasteiger partial charge in [0.2, 0.25) is 5.91 Å². The van der Waals surface area contributed by atoms with Gasteiger partial charge in [0, 0.05) is 18.3 Å². The maximum absolute atomic E-state index is 11.2. The van der Waals surface area contributed by atoms with Crippen molar-refractivity contribution >= 4 is 5.91 Å². The Morgan fingerprint density at radius 3 is 2.81 bits per heavy atom. The van der Waals surface area contributed by atoms with E-state index in [-0.39, 0.29) is 11.9 Å². The van der Waals surface area contributed by atoms with Crippen LogP contribution in [0.1, 0.15) is 56.8 Å². The Kier molecular flexibility index (Phi) is 3.27. The number of aromatic nitrogens is 2. The fourth-order valence-corrected chi connectivity index (χ4v) is 2.47. The lowest BCUT2D eigenvalue weighted by atomic mass is 9.88.